The molecule has 0 saturated heterocycles. The van der Waals surface area contributed by atoms with Gasteiger partial charge in [-0.25, -0.2) is 0 Å². The summed E-state index contributed by atoms with van der Waals surface area (Å²) in [6.45, 7) is 2.15. The standard InChI is InChI=1S/C8H16O2.Au.Co/c1-2-3-4-5-6-7-8(9)10;;/h2-7H2,1H3,(H,9,10);;. The summed E-state index contributed by atoms with van der Waals surface area (Å²) < 4.78 is 0. The molecule has 0 bridgehead atoms. The van der Waals surface area contributed by atoms with Gasteiger partial charge in [-0.2, -0.15) is 0 Å². The molecule has 0 aliphatic rings. The maximum absolute atomic E-state index is 10.0. The number of carboxylic acid groups (broad SMARTS) is 1. The first-order chi connectivity index (χ1) is 4.77. The molecule has 0 amide bonds. The zero-order chi connectivity index (χ0) is 7.82. The molecular formula is C8H16AuCoO2. The second-order valence-corrected chi connectivity index (χ2v) is 2.56. The molecule has 1 N–H and O–H groups in total. The largest absolute Gasteiger partial charge is 0.481 e. The average Bonchev–Trinajstić information content (AvgIpc) is 1.87. The van der Waals surface area contributed by atoms with Crippen molar-refractivity contribution in [2.45, 2.75) is 45.4 Å². The van der Waals surface area contributed by atoms with Crippen LogP contribution >= 0.6 is 0 Å². The van der Waals surface area contributed by atoms with Gasteiger partial charge in [-0.1, -0.05) is 32.6 Å². The fraction of sp³-hybridized carbons (Fsp3) is 0.875. The Kier molecular flexibility index (Phi) is 22.0. The van der Waals surface area contributed by atoms with Crippen LogP contribution in [0.5, 0.6) is 0 Å². The molecule has 0 heterocycles. The van der Waals surface area contributed by atoms with E-state index in [-0.39, 0.29) is 39.2 Å². The minimum Gasteiger partial charge on any atom is -0.481 e. The van der Waals surface area contributed by atoms with Crippen LogP contribution in [0.2, 0.25) is 0 Å². The summed E-state index contributed by atoms with van der Waals surface area (Å²) in [7, 11) is 0. The zero-order valence-corrected chi connectivity index (χ0v) is 10.4. The number of hydrogen-bond donors (Lipinski definition) is 1. The van der Waals surface area contributed by atoms with Gasteiger partial charge in [0.1, 0.15) is 0 Å². The van der Waals surface area contributed by atoms with Crippen molar-refractivity contribution in [2.75, 3.05) is 0 Å². The number of rotatable bonds is 6. The topological polar surface area (TPSA) is 37.3 Å². The van der Waals surface area contributed by atoms with Crippen LogP contribution in [0.25, 0.3) is 0 Å². The number of carboxylic acids is 1. The Labute approximate surface area is 100 Å². The molecule has 4 heteroatoms. The van der Waals surface area contributed by atoms with Gasteiger partial charge in [-0.3, -0.25) is 4.79 Å². The van der Waals surface area contributed by atoms with E-state index in [1.165, 1.54) is 19.3 Å². The minimum absolute atomic E-state index is 0. The summed E-state index contributed by atoms with van der Waals surface area (Å²) in [6, 6.07) is 0. The maximum atomic E-state index is 10.0. The van der Waals surface area contributed by atoms with Gasteiger partial charge < -0.3 is 5.11 Å². The summed E-state index contributed by atoms with van der Waals surface area (Å²) in [4.78, 5) is 10.0. The fourth-order valence-electron chi connectivity index (χ4n) is 0.880. The molecule has 0 rings (SSSR count). The Morgan fingerprint density at radius 2 is 1.67 bits per heavy atom. The molecular weight excluding hydrogens is 384 g/mol. The van der Waals surface area contributed by atoms with Crippen LogP contribution < -0.4 is 0 Å². The molecule has 0 aromatic heterocycles. The van der Waals surface area contributed by atoms with Gasteiger partial charge in [0.05, 0.1) is 0 Å². The van der Waals surface area contributed by atoms with Crippen molar-refractivity contribution in [1.82, 2.24) is 0 Å². The Bertz CT molecular complexity index is 99.1. The molecule has 0 unspecified atom stereocenters. The molecule has 80 valence electrons. The first-order valence-corrected chi connectivity index (χ1v) is 3.99. The smallest absolute Gasteiger partial charge is 0.303 e. The first kappa shape index (κ1) is 18.5. The monoisotopic (exact) mass is 400 g/mol. The van der Waals surface area contributed by atoms with Gasteiger partial charge in [-0.15, -0.1) is 0 Å². The van der Waals surface area contributed by atoms with E-state index < -0.39 is 5.97 Å². The first-order valence-electron chi connectivity index (χ1n) is 3.99. The fourth-order valence-corrected chi connectivity index (χ4v) is 0.880. The molecule has 0 fully saturated rings. The van der Waals surface area contributed by atoms with Crippen molar-refractivity contribution in [3.05, 3.63) is 0 Å². The second-order valence-electron chi connectivity index (χ2n) is 2.56. The maximum Gasteiger partial charge on any atom is 0.303 e. The predicted molar refractivity (Wildman–Crippen MR) is 41.0 cm³/mol. The van der Waals surface area contributed by atoms with Crippen molar-refractivity contribution < 1.29 is 49.1 Å². The SMILES string of the molecule is CCCCCCCC(=O)O.[Au].[Co]. The number of carbonyl (C=O) groups is 1. The molecule has 0 aliphatic carbocycles. The molecule has 2 nitrogen and oxygen atoms in total. The van der Waals surface area contributed by atoms with Crippen molar-refractivity contribution >= 4 is 5.97 Å². The minimum atomic E-state index is -0.670. The molecule has 0 aliphatic heterocycles. The van der Waals surface area contributed by atoms with Crippen LogP contribution in [0, 0.1) is 0 Å². The van der Waals surface area contributed by atoms with Gasteiger partial charge in [0.15, 0.2) is 0 Å². The number of unbranched alkanes of at least 4 members (excludes halogenated alkanes) is 4. The second kappa shape index (κ2) is 14.3. The molecule has 0 saturated carbocycles. The van der Waals surface area contributed by atoms with Crippen LogP contribution in [0.4, 0.5) is 0 Å². The quantitative estimate of drug-likeness (QED) is 0.550. The normalized spacial score (nSPS) is 8.08. The third-order valence-electron chi connectivity index (χ3n) is 1.49. The Hall–Kier alpha value is 0.717. The number of hydrogen-bond acceptors (Lipinski definition) is 1. The van der Waals surface area contributed by atoms with Gasteiger partial charge in [-0.05, 0) is 6.42 Å². The Balaban J connectivity index is -0.000000405. The van der Waals surface area contributed by atoms with Crippen LogP contribution in [0.1, 0.15) is 45.4 Å². The predicted octanol–water partition coefficient (Wildman–Crippen LogP) is 2.43. The summed E-state index contributed by atoms with van der Waals surface area (Å²) in [6.07, 6.45) is 5.88. The third kappa shape index (κ3) is 17.0. The van der Waals surface area contributed by atoms with E-state index in [4.69, 9.17) is 5.11 Å². The summed E-state index contributed by atoms with van der Waals surface area (Å²) >= 11 is 0. The van der Waals surface area contributed by atoms with E-state index in [1.807, 2.05) is 0 Å². The zero-order valence-electron chi connectivity index (χ0n) is 7.23. The molecule has 0 atom stereocenters. The molecule has 0 aromatic carbocycles. The van der Waals surface area contributed by atoms with E-state index in [1.54, 1.807) is 0 Å². The van der Waals surface area contributed by atoms with Crippen LogP contribution in [0.15, 0.2) is 0 Å². The molecule has 0 aromatic rings. The van der Waals surface area contributed by atoms with E-state index in [0.29, 0.717) is 6.42 Å². The van der Waals surface area contributed by atoms with Gasteiger partial charge in [0.25, 0.3) is 0 Å². The van der Waals surface area contributed by atoms with E-state index in [2.05, 4.69) is 6.92 Å². The van der Waals surface area contributed by atoms with E-state index >= 15 is 0 Å². The Morgan fingerprint density at radius 3 is 2.08 bits per heavy atom. The van der Waals surface area contributed by atoms with Gasteiger partial charge in [0.2, 0.25) is 0 Å². The molecule has 2 radical (unpaired) electrons. The van der Waals surface area contributed by atoms with Gasteiger partial charge >= 0.3 is 5.97 Å². The average molecular weight is 400 g/mol. The van der Waals surface area contributed by atoms with Crippen LogP contribution in [-0.2, 0) is 44.0 Å². The molecule has 12 heavy (non-hydrogen) atoms. The summed E-state index contributed by atoms with van der Waals surface area (Å²) in [5.41, 5.74) is 0. The third-order valence-corrected chi connectivity index (χ3v) is 1.49. The van der Waals surface area contributed by atoms with Crippen molar-refractivity contribution in [1.29, 1.82) is 0 Å². The van der Waals surface area contributed by atoms with Gasteiger partial charge in [0, 0.05) is 45.6 Å². The van der Waals surface area contributed by atoms with Crippen molar-refractivity contribution in [2.24, 2.45) is 0 Å². The Morgan fingerprint density at radius 1 is 1.17 bits per heavy atom. The van der Waals surface area contributed by atoms with Crippen LogP contribution in [-0.4, -0.2) is 11.1 Å². The summed E-state index contributed by atoms with van der Waals surface area (Å²) in [5, 5.41) is 8.27. The number of aliphatic carboxylic acids is 1. The van der Waals surface area contributed by atoms with E-state index in [9.17, 15) is 4.79 Å². The van der Waals surface area contributed by atoms with Crippen molar-refractivity contribution in [3.8, 4) is 0 Å². The molecule has 0 spiro atoms. The van der Waals surface area contributed by atoms with Crippen molar-refractivity contribution in [3.63, 3.8) is 0 Å². The van der Waals surface area contributed by atoms with Crippen LogP contribution in [0.3, 0.4) is 0 Å². The van der Waals surface area contributed by atoms with E-state index in [0.717, 1.165) is 12.8 Å². The summed E-state index contributed by atoms with van der Waals surface area (Å²) in [5.74, 6) is -0.670.